The topological polar surface area (TPSA) is 62.7 Å². The molecular formula is C18H23N3O3S. The molecule has 0 N–H and O–H groups in total. The fraction of sp³-hybridized carbons (Fsp3) is 0.389. The van der Waals surface area contributed by atoms with Crippen molar-refractivity contribution < 1.29 is 13.2 Å². The molecule has 1 fully saturated rings. The third-order valence-electron chi connectivity index (χ3n) is 4.49. The highest BCUT2D eigenvalue weighted by Gasteiger charge is 2.29. The van der Waals surface area contributed by atoms with Crippen LogP contribution < -0.4 is 4.74 Å². The zero-order valence-electron chi connectivity index (χ0n) is 14.6. The van der Waals surface area contributed by atoms with Gasteiger partial charge in [-0.05, 0) is 48.4 Å². The van der Waals surface area contributed by atoms with Gasteiger partial charge in [0.1, 0.15) is 5.75 Å². The van der Waals surface area contributed by atoms with E-state index in [4.69, 9.17) is 4.74 Å². The summed E-state index contributed by atoms with van der Waals surface area (Å²) in [6.45, 7) is 5.05. The number of hydrogen-bond donors (Lipinski definition) is 0. The van der Waals surface area contributed by atoms with Crippen molar-refractivity contribution >= 4 is 10.0 Å². The van der Waals surface area contributed by atoms with E-state index in [9.17, 15) is 8.42 Å². The summed E-state index contributed by atoms with van der Waals surface area (Å²) in [7, 11) is -1.90. The second-order valence-electron chi connectivity index (χ2n) is 6.17. The number of benzene rings is 1. The second kappa shape index (κ2) is 7.51. The van der Waals surface area contributed by atoms with Crippen molar-refractivity contribution in [2.24, 2.45) is 0 Å². The van der Waals surface area contributed by atoms with E-state index >= 15 is 0 Å². The minimum absolute atomic E-state index is 0.357. The van der Waals surface area contributed by atoms with Crippen LogP contribution in [0.15, 0.2) is 47.6 Å². The molecule has 0 bridgehead atoms. The largest absolute Gasteiger partial charge is 0.497 e. The van der Waals surface area contributed by atoms with E-state index in [1.807, 2.05) is 12.1 Å². The monoisotopic (exact) mass is 361 g/mol. The summed E-state index contributed by atoms with van der Waals surface area (Å²) in [6, 6.07) is 9.06. The fourth-order valence-electron chi connectivity index (χ4n) is 3.05. The summed E-state index contributed by atoms with van der Waals surface area (Å²) in [4.78, 5) is 6.65. The molecule has 1 aromatic heterocycles. The van der Waals surface area contributed by atoms with Crippen molar-refractivity contribution in [3.8, 4) is 5.75 Å². The molecule has 0 radical (unpaired) electrons. The molecular weight excluding hydrogens is 338 g/mol. The van der Waals surface area contributed by atoms with Crippen LogP contribution >= 0.6 is 0 Å². The maximum absolute atomic E-state index is 12.9. The van der Waals surface area contributed by atoms with Gasteiger partial charge in [0.15, 0.2) is 0 Å². The van der Waals surface area contributed by atoms with Gasteiger partial charge in [0, 0.05) is 45.1 Å². The summed E-state index contributed by atoms with van der Waals surface area (Å²) < 4.78 is 32.6. The van der Waals surface area contributed by atoms with Gasteiger partial charge >= 0.3 is 0 Å². The quantitative estimate of drug-likeness (QED) is 0.814. The number of aryl methyl sites for hydroxylation is 1. The predicted octanol–water partition coefficient (Wildman–Crippen LogP) is 1.91. The minimum Gasteiger partial charge on any atom is -0.497 e. The van der Waals surface area contributed by atoms with Gasteiger partial charge in [-0.15, -0.1) is 0 Å². The Morgan fingerprint density at radius 2 is 1.76 bits per heavy atom. The lowest BCUT2D eigenvalue weighted by molar-refractivity contribution is 0.181. The van der Waals surface area contributed by atoms with E-state index in [1.165, 1.54) is 5.56 Å². The third-order valence-corrected chi connectivity index (χ3v) is 6.55. The maximum atomic E-state index is 12.9. The molecule has 1 aromatic carbocycles. The van der Waals surface area contributed by atoms with Crippen molar-refractivity contribution in [1.82, 2.24) is 14.2 Å². The van der Waals surface area contributed by atoms with Crippen molar-refractivity contribution in [2.75, 3.05) is 33.3 Å². The minimum atomic E-state index is -3.47. The van der Waals surface area contributed by atoms with Gasteiger partial charge < -0.3 is 4.74 Å². The summed E-state index contributed by atoms with van der Waals surface area (Å²) >= 11 is 0. The molecule has 1 aliphatic rings. The summed E-state index contributed by atoms with van der Waals surface area (Å²) in [5.74, 6) is 0.665. The predicted molar refractivity (Wildman–Crippen MR) is 96.0 cm³/mol. The van der Waals surface area contributed by atoms with E-state index < -0.39 is 10.0 Å². The average Bonchev–Trinajstić information content (AvgIpc) is 2.62. The van der Waals surface area contributed by atoms with E-state index in [2.05, 4.69) is 9.88 Å². The van der Waals surface area contributed by atoms with Crippen LogP contribution in [0.5, 0.6) is 5.75 Å². The molecule has 0 unspecified atom stereocenters. The normalized spacial score (nSPS) is 16.7. The first-order valence-corrected chi connectivity index (χ1v) is 9.71. The Morgan fingerprint density at radius 3 is 2.36 bits per heavy atom. The van der Waals surface area contributed by atoms with Gasteiger partial charge in [-0.1, -0.05) is 0 Å². The van der Waals surface area contributed by atoms with Crippen molar-refractivity contribution in [2.45, 2.75) is 18.4 Å². The van der Waals surface area contributed by atoms with E-state index in [1.54, 1.807) is 48.9 Å². The number of aromatic nitrogens is 1. The Balaban J connectivity index is 1.67. The lowest BCUT2D eigenvalue weighted by Crippen LogP contribution is -2.48. The van der Waals surface area contributed by atoms with Crippen LogP contribution in [0.4, 0.5) is 0 Å². The molecule has 2 aromatic rings. The van der Waals surface area contributed by atoms with Crippen LogP contribution in [-0.2, 0) is 16.6 Å². The number of nitrogens with zero attached hydrogens (tertiary/aromatic N) is 3. The van der Waals surface area contributed by atoms with Gasteiger partial charge in [0.05, 0.1) is 12.0 Å². The smallest absolute Gasteiger partial charge is 0.243 e. The Morgan fingerprint density at radius 1 is 1.08 bits per heavy atom. The van der Waals surface area contributed by atoms with E-state index in [0.29, 0.717) is 29.3 Å². The lowest BCUT2D eigenvalue weighted by atomic mass is 10.2. The number of pyridine rings is 1. The SMILES string of the molecule is COc1ccc(S(=O)(=O)N2CCN(Cc3ccncc3)CC2)c(C)c1. The Hall–Kier alpha value is -1.96. The molecule has 3 rings (SSSR count). The van der Waals surface area contributed by atoms with Crippen molar-refractivity contribution in [3.63, 3.8) is 0 Å². The molecule has 2 heterocycles. The fourth-order valence-corrected chi connectivity index (χ4v) is 4.68. The lowest BCUT2D eigenvalue weighted by Gasteiger charge is -2.34. The van der Waals surface area contributed by atoms with Crippen LogP contribution in [0.3, 0.4) is 0 Å². The Labute approximate surface area is 149 Å². The molecule has 1 aliphatic heterocycles. The molecule has 6 nitrogen and oxygen atoms in total. The number of sulfonamides is 1. The van der Waals surface area contributed by atoms with Crippen LogP contribution in [-0.4, -0.2) is 55.9 Å². The van der Waals surface area contributed by atoms with E-state index in [0.717, 1.165) is 19.6 Å². The first-order chi connectivity index (χ1) is 12.0. The second-order valence-corrected chi connectivity index (χ2v) is 8.07. The van der Waals surface area contributed by atoms with Crippen LogP contribution in [0.2, 0.25) is 0 Å². The highest BCUT2D eigenvalue weighted by molar-refractivity contribution is 7.89. The molecule has 134 valence electrons. The summed E-state index contributed by atoms with van der Waals surface area (Å²) in [5, 5.41) is 0. The molecule has 0 atom stereocenters. The molecule has 0 saturated carbocycles. The Bertz CT molecular complexity index is 817. The molecule has 1 saturated heterocycles. The van der Waals surface area contributed by atoms with Gasteiger partial charge in [0.2, 0.25) is 10.0 Å². The molecule has 25 heavy (non-hydrogen) atoms. The van der Waals surface area contributed by atoms with Gasteiger partial charge in [-0.25, -0.2) is 8.42 Å². The number of rotatable bonds is 5. The molecule has 0 spiro atoms. The van der Waals surface area contributed by atoms with Crippen molar-refractivity contribution in [1.29, 1.82) is 0 Å². The van der Waals surface area contributed by atoms with Crippen LogP contribution in [0, 0.1) is 6.92 Å². The van der Waals surface area contributed by atoms with Crippen LogP contribution in [0.1, 0.15) is 11.1 Å². The summed E-state index contributed by atoms with van der Waals surface area (Å²) in [5.41, 5.74) is 1.90. The van der Waals surface area contributed by atoms with Gasteiger partial charge in [-0.2, -0.15) is 4.31 Å². The van der Waals surface area contributed by atoms with Gasteiger partial charge in [0.25, 0.3) is 0 Å². The first kappa shape index (κ1) is 17.8. The number of ether oxygens (including phenoxy) is 1. The van der Waals surface area contributed by atoms with Gasteiger partial charge in [-0.3, -0.25) is 9.88 Å². The highest BCUT2D eigenvalue weighted by Crippen LogP contribution is 2.25. The van der Waals surface area contributed by atoms with Crippen LogP contribution in [0.25, 0.3) is 0 Å². The number of hydrogen-bond acceptors (Lipinski definition) is 5. The number of piperazine rings is 1. The molecule has 0 amide bonds. The molecule has 7 heteroatoms. The van der Waals surface area contributed by atoms with E-state index in [-0.39, 0.29) is 0 Å². The molecule has 0 aliphatic carbocycles. The number of methoxy groups -OCH3 is 1. The zero-order chi connectivity index (χ0) is 17.9. The van der Waals surface area contributed by atoms with Crippen molar-refractivity contribution in [3.05, 3.63) is 53.9 Å². The third kappa shape index (κ3) is 4.00. The maximum Gasteiger partial charge on any atom is 0.243 e. The zero-order valence-corrected chi connectivity index (χ0v) is 15.4. The highest BCUT2D eigenvalue weighted by atomic mass is 32.2. The Kier molecular flexibility index (Phi) is 5.36. The average molecular weight is 361 g/mol. The standard InChI is InChI=1S/C18H23N3O3S/c1-15-13-17(24-2)3-4-18(15)25(22,23)21-11-9-20(10-12-21)14-16-5-7-19-8-6-16/h3-8,13H,9-12,14H2,1-2H3. The summed E-state index contributed by atoms with van der Waals surface area (Å²) in [6.07, 6.45) is 3.56. The first-order valence-electron chi connectivity index (χ1n) is 8.27.